The first-order valence-electron chi connectivity index (χ1n) is 9.30. The monoisotopic (exact) mass is 445 g/mol. The van der Waals surface area contributed by atoms with E-state index < -0.39 is 5.91 Å². The zero-order chi connectivity index (χ0) is 22.3. The topological polar surface area (TPSA) is 110 Å². The van der Waals surface area contributed by atoms with Crippen LogP contribution >= 0.6 is 23.2 Å². The fraction of sp³-hybridized carbons (Fsp3) is 0.227. The molecule has 0 spiro atoms. The van der Waals surface area contributed by atoms with Crippen LogP contribution in [0, 0.1) is 13.8 Å². The Kier molecular flexibility index (Phi) is 8.45. The molecule has 6 nitrogen and oxygen atoms in total. The van der Waals surface area contributed by atoms with Crippen LogP contribution in [0.4, 0.5) is 0 Å². The highest BCUT2D eigenvalue weighted by molar-refractivity contribution is 6.36. The maximum atomic E-state index is 11.3. The van der Waals surface area contributed by atoms with Gasteiger partial charge in [0.15, 0.2) is 5.96 Å². The van der Waals surface area contributed by atoms with Crippen molar-refractivity contribution in [3.8, 4) is 0 Å². The van der Waals surface area contributed by atoms with E-state index in [0.29, 0.717) is 21.5 Å². The van der Waals surface area contributed by atoms with Crippen LogP contribution in [0.5, 0.6) is 0 Å². The summed E-state index contributed by atoms with van der Waals surface area (Å²) in [5, 5.41) is 0.836. The van der Waals surface area contributed by atoms with Crippen LogP contribution in [0.25, 0.3) is 0 Å². The van der Waals surface area contributed by atoms with E-state index in [1.165, 1.54) is 22.4 Å². The molecular formula is C22H25Cl2N5O. The molecule has 1 aromatic heterocycles. The smallest absolute Gasteiger partial charge is 0.253 e. The summed E-state index contributed by atoms with van der Waals surface area (Å²) in [7, 11) is 0. The number of nitrogens with two attached hydrogens (primary N) is 2. The number of halogens is 2. The molecule has 0 unspecified atom stereocenters. The minimum Gasteiger partial charge on any atom is -0.370 e. The summed E-state index contributed by atoms with van der Waals surface area (Å²) >= 11 is 11.7. The quantitative estimate of drug-likeness (QED) is 0.404. The van der Waals surface area contributed by atoms with E-state index >= 15 is 0 Å². The normalized spacial score (nSPS) is 11.2. The lowest BCUT2D eigenvalue weighted by Gasteiger charge is -2.14. The van der Waals surface area contributed by atoms with E-state index in [1.54, 1.807) is 24.5 Å². The average Bonchev–Trinajstić information content (AvgIpc) is 3.21. The molecule has 5 N–H and O–H groups in total. The largest absolute Gasteiger partial charge is 0.370 e. The lowest BCUT2D eigenvalue weighted by molar-refractivity contribution is -0.117. The Morgan fingerprint density at radius 1 is 1.13 bits per heavy atom. The number of aromatic amines is 1. The number of carbonyl (C=O) groups excluding carboxylic acids is 1. The van der Waals surface area contributed by atoms with Gasteiger partial charge in [-0.3, -0.25) is 4.79 Å². The second-order valence-electron chi connectivity index (χ2n) is 6.83. The third-order valence-electron chi connectivity index (χ3n) is 4.74. The molecule has 0 aliphatic rings. The van der Waals surface area contributed by atoms with Gasteiger partial charge in [-0.15, -0.1) is 0 Å². The maximum absolute atomic E-state index is 11.3. The van der Waals surface area contributed by atoms with Crippen LogP contribution in [0.2, 0.25) is 10.0 Å². The molecule has 1 heterocycles. The Hall–Kier alpha value is -2.83. The molecule has 1 amide bonds. The molecule has 1 atom stereocenters. The second kappa shape index (κ2) is 10.8. The first-order chi connectivity index (χ1) is 14.2. The van der Waals surface area contributed by atoms with Gasteiger partial charge in [-0.05, 0) is 48.2 Å². The Bertz CT molecular complexity index is 1010. The Balaban J connectivity index is 0.000000214. The van der Waals surface area contributed by atoms with Gasteiger partial charge in [0.25, 0.3) is 5.91 Å². The van der Waals surface area contributed by atoms with Gasteiger partial charge in [0.1, 0.15) is 0 Å². The number of imidazole rings is 1. The molecule has 3 aromatic rings. The first-order valence-corrected chi connectivity index (χ1v) is 10.1. The molecule has 8 heteroatoms. The second-order valence-corrected chi connectivity index (χ2v) is 7.64. The SMILES string of the molecule is Cc1cccc([C@H](C)c2cnc[nH]2)c1C.NC(N)=NC(=O)Cc1c(Cl)cccc1Cl. The Morgan fingerprint density at radius 3 is 2.33 bits per heavy atom. The molecule has 158 valence electrons. The van der Waals surface area contributed by atoms with Gasteiger partial charge < -0.3 is 16.5 Å². The van der Waals surface area contributed by atoms with Crippen molar-refractivity contribution in [3.63, 3.8) is 0 Å². The van der Waals surface area contributed by atoms with Gasteiger partial charge >= 0.3 is 0 Å². The lowest BCUT2D eigenvalue weighted by Crippen LogP contribution is -2.24. The van der Waals surface area contributed by atoms with Crippen LogP contribution < -0.4 is 11.5 Å². The molecule has 0 saturated heterocycles. The highest BCUT2D eigenvalue weighted by Gasteiger charge is 2.12. The van der Waals surface area contributed by atoms with Gasteiger partial charge in [-0.25, -0.2) is 4.98 Å². The number of guanidine groups is 1. The average molecular weight is 446 g/mol. The summed E-state index contributed by atoms with van der Waals surface area (Å²) in [5.41, 5.74) is 15.9. The summed E-state index contributed by atoms with van der Waals surface area (Å²) in [5.74, 6) is -0.374. The number of aryl methyl sites for hydroxylation is 1. The number of H-pyrrole nitrogens is 1. The number of nitrogens with zero attached hydrogens (tertiary/aromatic N) is 2. The maximum Gasteiger partial charge on any atom is 0.253 e. The molecule has 0 saturated carbocycles. The van der Waals surface area contributed by atoms with Gasteiger partial charge in [-0.1, -0.05) is 54.4 Å². The van der Waals surface area contributed by atoms with E-state index in [9.17, 15) is 4.79 Å². The van der Waals surface area contributed by atoms with E-state index in [4.69, 9.17) is 34.7 Å². The first kappa shape index (κ1) is 23.4. The zero-order valence-corrected chi connectivity index (χ0v) is 18.6. The van der Waals surface area contributed by atoms with E-state index in [1.807, 2.05) is 6.20 Å². The van der Waals surface area contributed by atoms with Crippen molar-refractivity contribution >= 4 is 35.1 Å². The van der Waals surface area contributed by atoms with Crippen molar-refractivity contribution in [1.29, 1.82) is 0 Å². The number of hydrogen-bond donors (Lipinski definition) is 3. The number of carbonyl (C=O) groups is 1. The molecule has 0 aliphatic carbocycles. The minimum atomic E-state index is -0.481. The standard InChI is InChI=1S/C13H16N2.C9H9Cl2N3O/c1-9-5-4-6-12(10(9)2)11(3)13-7-14-8-15-13;10-6-2-1-3-7(11)5(6)4-8(15)14-9(12)13/h4-8,11H,1-3H3,(H,14,15);1-3H,4H2,(H4,12,13,14,15)/t11-;/m0./s1. The van der Waals surface area contributed by atoms with Crippen LogP contribution in [-0.2, 0) is 11.2 Å². The van der Waals surface area contributed by atoms with Crippen LogP contribution in [0.15, 0.2) is 53.9 Å². The van der Waals surface area contributed by atoms with E-state index in [-0.39, 0.29) is 12.4 Å². The van der Waals surface area contributed by atoms with Gasteiger partial charge in [0, 0.05) is 27.9 Å². The minimum absolute atomic E-state index is 0.0175. The van der Waals surface area contributed by atoms with E-state index in [2.05, 4.69) is 53.9 Å². The summed E-state index contributed by atoms with van der Waals surface area (Å²) < 4.78 is 0. The molecule has 0 fully saturated rings. The summed E-state index contributed by atoms with van der Waals surface area (Å²) in [4.78, 5) is 21.9. The van der Waals surface area contributed by atoms with Gasteiger partial charge in [-0.2, -0.15) is 4.99 Å². The van der Waals surface area contributed by atoms with Crippen molar-refractivity contribution in [2.45, 2.75) is 33.1 Å². The summed E-state index contributed by atoms with van der Waals surface area (Å²) in [6, 6.07) is 11.4. The summed E-state index contributed by atoms with van der Waals surface area (Å²) in [6.45, 7) is 6.53. The highest BCUT2D eigenvalue weighted by atomic mass is 35.5. The molecule has 0 aliphatic heterocycles. The van der Waals surface area contributed by atoms with Crippen molar-refractivity contribution in [2.24, 2.45) is 16.5 Å². The molecule has 30 heavy (non-hydrogen) atoms. The third kappa shape index (κ3) is 6.34. The summed E-state index contributed by atoms with van der Waals surface area (Å²) in [6.07, 6.45) is 3.61. The lowest BCUT2D eigenvalue weighted by atomic mass is 9.92. The molecule has 3 rings (SSSR count). The van der Waals surface area contributed by atoms with Crippen LogP contribution in [-0.4, -0.2) is 21.8 Å². The Labute approximate surface area is 186 Å². The van der Waals surface area contributed by atoms with Crippen molar-refractivity contribution in [1.82, 2.24) is 9.97 Å². The van der Waals surface area contributed by atoms with Gasteiger partial charge in [0.2, 0.25) is 0 Å². The van der Waals surface area contributed by atoms with Crippen molar-refractivity contribution < 1.29 is 4.79 Å². The van der Waals surface area contributed by atoms with Gasteiger partial charge in [0.05, 0.1) is 12.7 Å². The zero-order valence-electron chi connectivity index (χ0n) is 17.1. The molecular weight excluding hydrogens is 421 g/mol. The number of aromatic nitrogens is 2. The number of benzene rings is 2. The number of hydrogen-bond acceptors (Lipinski definition) is 2. The van der Waals surface area contributed by atoms with Crippen LogP contribution in [0.1, 0.15) is 40.8 Å². The van der Waals surface area contributed by atoms with Crippen molar-refractivity contribution in [3.05, 3.63) is 86.9 Å². The number of nitrogens with one attached hydrogen (secondary N) is 1. The molecule has 2 aromatic carbocycles. The molecule has 0 bridgehead atoms. The van der Waals surface area contributed by atoms with Crippen LogP contribution in [0.3, 0.4) is 0 Å². The predicted octanol–water partition coefficient (Wildman–Crippen LogP) is 4.51. The Morgan fingerprint density at radius 2 is 1.77 bits per heavy atom. The van der Waals surface area contributed by atoms with E-state index in [0.717, 1.165) is 0 Å². The predicted molar refractivity (Wildman–Crippen MR) is 123 cm³/mol. The number of amides is 1. The third-order valence-corrected chi connectivity index (χ3v) is 5.45. The highest BCUT2D eigenvalue weighted by Crippen LogP contribution is 2.26. The van der Waals surface area contributed by atoms with Crippen molar-refractivity contribution in [2.75, 3.05) is 0 Å². The number of rotatable bonds is 4. The number of aliphatic imine (C=N–C) groups is 1. The fourth-order valence-corrected chi connectivity index (χ4v) is 3.48. The fourth-order valence-electron chi connectivity index (χ4n) is 2.95. The molecule has 0 radical (unpaired) electrons.